The summed E-state index contributed by atoms with van der Waals surface area (Å²) in [6, 6.07) is 0. The zero-order valence-corrected chi connectivity index (χ0v) is 18.6. The molecule has 0 spiro atoms. The van der Waals surface area contributed by atoms with E-state index in [1.54, 1.807) is 0 Å². The van der Waals surface area contributed by atoms with Gasteiger partial charge in [0.05, 0.1) is 0 Å². The van der Waals surface area contributed by atoms with Crippen molar-refractivity contribution in [1.82, 2.24) is 0 Å². The normalized spacial score (nSPS) is 47.1. The Morgan fingerprint density at radius 1 is 1.00 bits per heavy atom. The second-order valence-corrected chi connectivity index (χ2v) is 11.6. The molecule has 3 N–H and O–H groups in total. The number of hydrogen-bond donors (Lipinski definition) is 2. The smallest absolute Gasteiger partial charge is 0.139 e. The van der Waals surface area contributed by atoms with E-state index in [1.165, 1.54) is 70.6 Å². The van der Waals surface area contributed by atoms with Gasteiger partial charge in [0, 0.05) is 6.42 Å². The number of fused-ring (bicyclic) bond motifs is 5. The van der Waals surface area contributed by atoms with E-state index in [4.69, 9.17) is 10.9 Å². The fraction of sp³-hybridized carbons (Fsp3) is 0.960. The highest BCUT2D eigenvalue weighted by molar-refractivity contribution is 5.79. The fourth-order valence-electron chi connectivity index (χ4n) is 9.13. The molecule has 0 saturated heterocycles. The lowest BCUT2D eigenvalue weighted by molar-refractivity contribution is -0.114. The first-order valence-electron chi connectivity index (χ1n) is 12.4. The van der Waals surface area contributed by atoms with Gasteiger partial charge in [-0.3, -0.25) is 0 Å². The van der Waals surface area contributed by atoms with Gasteiger partial charge in [0.2, 0.25) is 0 Å². The zero-order chi connectivity index (χ0) is 19.9. The number of hydrogen-bond acceptors (Lipinski definition) is 2. The first-order chi connectivity index (χ1) is 13.4. The summed E-state index contributed by atoms with van der Waals surface area (Å²) in [4.78, 5) is 0. The van der Waals surface area contributed by atoms with E-state index in [0.29, 0.717) is 16.7 Å². The van der Waals surface area contributed by atoms with Crippen molar-refractivity contribution in [2.75, 3.05) is 0 Å². The zero-order valence-electron chi connectivity index (χ0n) is 18.6. The van der Waals surface area contributed by atoms with Gasteiger partial charge >= 0.3 is 0 Å². The maximum Gasteiger partial charge on any atom is 0.139 e. The maximum absolute atomic E-state index is 8.78. The first kappa shape index (κ1) is 20.5. The third kappa shape index (κ3) is 3.29. The van der Waals surface area contributed by atoms with Crippen LogP contribution in [0.5, 0.6) is 0 Å². The van der Waals surface area contributed by atoms with Crippen LogP contribution in [0, 0.1) is 46.3 Å². The SMILES string of the molecule is C[C@H](CCCC(N)=NO)[C@H]1CC[C@H]2[C@@H]3CCC4CCCC[C@]4(C)[C@H]3CC[C@]12C. The van der Waals surface area contributed by atoms with Gasteiger partial charge in [-0.05, 0) is 111 Å². The third-order valence-corrected chi connectivity index (χ3v) is 10.6. The summed E-state index contributed by atoms with van der Waals surface area (Å²) in [6.07, 6.45) is 17.9. The number of oxime groups is 1. The van der Waals surface area contributed by atoms with Crippen molar-refractivity contribution in [1.29, 1.82) is 0 Å². The van der Waals surface area contributed by atoms with E-state index in [-0.39, 0.29) is 0 Å². The molecule has 3 nitrogen and oxygen atoms in total. The standard InChI is InChI=1S/C25H44N2O/c1-17(7-6-9-23(26)27-28)20-12-13-21-19-11-10-18-8-4-5-15-24(18,2)22(19)14-16-25(20,21)3/h17-22,28H,4-16H2,1-3H3,(H2,26,27)/t17-,18?,19+,20-,21+,22+,24+,25-/m1/s1. The monoisotopic (exact) mass is 388 g/mol. The molecule has 8 atom stereocenters. The van der Waals surface area contributed by atoms with Crippen LogP contribution in [0.4, 0.5) is 0 Å². The Balaban J connectivity index is 1.44. The van der Waals surface area contributed by atoms with Crippen LogP contribution in [-0.4, -0.2) is 11.0 Å². The molecule has 4 saturated carbocycles. The Hall–Kier alpha value is -0.730. The van der Waals surface area contributed by atoms with Crippen molar-refractivity contribution in [3.63, 3.8) is 0 Å². The van der Waals surface area contributed by atoms with Crippen LogP contribution in [0.25, 0.3) is 0 Å². The van der Waals surface area contributed by atoms with Gasteiger partial charge in [-0.1, -0.05) is 38.8 Å². The molecule has 0 heterocycles. The van der Waals surface area contributed by atoms with Gasteiger partial charge in [0.15, 0.2) is 0 Å². The number of nitrogens with two attached hydrogens (primary N) is 1. The Morgan fingerprint density at radius 2 is 1.79 bits per heavy atom. The molecule has 4 rings (SSSR count). The van der Waals surface area contributed by atoms with E-state index in [1.807, 2.05) is 0 Å². The molecule has 1 unspecified atom stereocenters. The average molecular weight is 389 g/mol. The molecule has 160 valence electrons. The number of amidine groups is 1. The van der Waals surface area contributed by atoms with Crippen LogP contribution in [0.1, 0.15) is 104 Å². The van der Waals surface area contributed by atoms with Crippen LogP contribution in [0.3, 0.4) is 0 Å². The quantitative estimate of drug-likeness (QED) is 0.241. The van der Waals surface area contributed by atoms with Gasteiger partial charge in [0.1, 0.15) is 5.84 Å². The molecule has 4 aliphatic carbocycles. The molecule has 0 amide bonds. The van der Waals surface area contributed by atoms with E-state index >= 15 is 0 Å². The molecule has 4 fully saturated rings. The van der Waals surface area contributed by atoms with Crippen molar-refractivity contribution >= 4 is 5.84 Å². The summed E-state index contributed by atoms with van der Waals surface area (Å²) in [7, 11) is 0. The molecular formula is C25H44N2O. The minimum absolute atomic E-state index is 0.390. The van der Waals surface area contributed by atoms with E-state index in [2.05, 4.69) is 25.9 Å². The van der Waals surface area contributed by atoms with Gasteiger partial charge < -0.3 is 10.9 Å². The summed E-state index contributed by atoms with van der Waals surface area (Å²) in [5.74, 6) is 6.05. The van der Waals surface area contributed by atoms with Gasteiger partial charge in [-0.15, -0.1) is 0 Å². The predicted molar refractivity (Wildman–Crippen MR) is 116 cm³/mol. The Labute approximate surface area is 172 Å². The van der Waals surface area contributed by atoms with Crippen molar-refractivity contribution in [2.24, 2.45) is 57.2 Å². The molecule has 3 heteroatoms. The summed E-state index contributed by atoms with van der Waals surface area (Å²) < 4.78 is 0. The first-order valence-corrected chi connectivity index (χ1v) is 12.4. The van der Waals surface area contributed by atoms with Crippen LogP contribution in [0.2, 0.25) is 0 Å². The summed E-state index contributed by atoms with van der Waals surface area (Å²) in [6.45, 7) is 7.84. The Bertz CT molecular complexity index is 589. The highest BCUT2D eigenvalue weighted by Gasteiger charge is 2.59. The van der Waals surface area contributed by atoms with Crippen molar-refractivity contribution < 1.29 is 5.21 Å². The predicted octanol–water partition coefficient (Wildman–Crippen LogP) is 6.59. The fourth-order valence-corrected chi connectivity index (χ4v) is 9.13. The minimum Gasteiger partial charge on any atom is -0.409 e. The van der Waals surface area contributed by atoms with E-state index < -0.39 is 0 Å². The van der Waals surface area contributed by atoms with E-state index in [0.717, 1.165) is 48.3 Å². The average Bonchev–Trinajstić information content (AvgIpc) is 3.04. The van der Waals surface area contributed by atoms with Crippen molar-refractivity contribution in [3.8, 4) is 0 Å². The van der Waals surface area contributed by atoms with Crippen LogP contribution < -0.4 is 5.73 Å². The Morgan fingerprint density at radius 3 is 2.57 bits per heavy atom. The third-order valence-electron chi connectivity index (χ3n) is 10.6. The van der Waals surface area contributed by atoms with Gasteiger partial charge in [-0.2, -0.15) is 0 Å². The molecule has 0 aliphatic heterocycles. The molecular weight excluding hydrogens is 344 g/mol. The lowest BCUT2D eigenvalue weighted by atomic mass is 9.44. The minimum atomic E-state index is 0.390. The van der Waals surface area contributed by atoms with Crippen molar-refractivity contribution in [3.05, 3.63) is 0 Å². The second kappa shape index (κ2) is 7.84. The highest BCUT2D eigenvalue weighted by atomic mass is 16.4. The molecule has 0 aromatic rings. The Kier molecular flexibility index (Phi) is 5.75. The highest BCUT2D eigenvalue weighted by Crippen LogP contribution is 2.68. The van der Waals surface area contributed by atoms with Crippen LogP contribution >= 0.6 is 0 Å². The molecule has 0 radical (unpaired) electrons. The van der Waals surface area contributed by atoms with Gasteiger partial charge in [-0.25, -0.2) is 0 Å². The number of nitrogens with zero attached hydrogens (tertiary/aromatic N) is 1. The molecule has 0 aromatic heterocycles. The van der Waals surface area contributed by atoms with Gasteiger partial charge in [0.25, 0.3) is 0 Å². The summed E-state index contributed by atoms with van der Waals surface area (Å²) >= 11 is 0. The topological polar surface area (TPSA) is 58.6 Å². The largest absolute Gasteiger partial charge is 0.409 e. The van der Waals surface area contributed by atoms with Crippen LogP contribution in [-0.2, 0) is 0 Å². The lowest BCUT2D eigenvalue weighted by Gasteiger charge is -2.61. The maximum atomic E-state index is 8.78. The van der Waals surface area contributed by atoms with E-state index in [9.17, 15) is 0 Å². The van der Waals surface area contributed by atoms with Crippen molar-refractivity contribution in [2.45, 2.75) is 104 Å². The molecule has 28 heavy (non-hydrogen) atoms. The summed E-state index contributed by atoms with van der Waals surface area (Å²) in [5, 5.41) is 11.9. The lowest BCUT2D eigenvalue weighted by Crippen LogP contribution is -2.53. The van der Waals surface area contributed by atoms with Crippen LogP contribution in [0.15, 0.2) is 5.16 Å². The number of rotatable bonds is 5. The molecule has 0 bridgehead atoms. The summed E-state index contributed by atoms with van der Waals surface area (Å²) in [5.41, 5.74) is 6.91. The molecule has 0 aromatic carbocycles. The second-order valence-electron chi connectivity index (χ2n) is 11.6. The molecule has 4 aliphatic rings.